The molecule has 0 aliphatic carbocycles. The van der Waals surface area contributed by atoms with Crippen molar-refractivity contribution in [1.82, 2.24) is 9.97 Å². The van der Waals surface area contributed by atoms with E-state index in [9.17, 15) is 9.59 Å². The average Bonchev–Trinajstić information content (AvgIpc) is 3.08. The summed E-state index contributed by atoms with van der Waals surface area (Å²) in [4.78, 5) is 32.5. The van der Waals surface area contributed by atoms with Crippen molar-refractivity contribution in [3.05, 3.63) is 91.8 Å². The van der Waals surface area contributed by atoms with E-state index in [-0.39, 0.29) is 10.7 Å². The van der Waals surface area contributed by atoms with E-state index >= 15 is 0 Å². The largest absolute Gasteiger partial charge is 0.345 e. The average molecular weight is 493 g/mol. The highest BCUT2D eigenvalue weighted by molar-refractivity contribution is 6.52. The summed E-state index contributed by atoms with van der Waals surface area (Å²) in [7, 11) is 0. The number of nitrogens with one attached hydrogen (secondary N) is 2. The lowest BCUT2D eigenvalue weighted by Gasteiger charge is -2.11. The first kappa shape index (κ1) is 21.7. The van der Waals surface area contributed by atoms with Gasteiger partial charge in [-0.2, -0.15) is 0 Å². The Hall–Kier alpha value is -2.57. The molecule has 2 heterocycles. The third-order valence-electron chi connectivity index (χ3n) is 4.72. The van der Waals surface area contributed by atoms with Gasteiger partial charge in [-0.05, 0) is 47.5 Å². The fourth-order valence-electron chi connectivity index (χ4n) is 3.28. The number of ketones is 1. The normalized spacial score (nSPS) is 11.0. The highest BCUT2D eigenvalue weighted by Gasteiger charge is 2.26. The Morgan fingerprint density at radius 1 is 0.935 bits per heavy atom. The summed E-state index contributed by atoms with van der Waals surface area (Å²) in [6.45, 7) is 0. The minimum Gasteiger partial charge on any atom is -0.345 e. The van der Waals surface area contributed by atoms with Crippen molar-refractivity contribution in [1.29, 1.82) is 0 Å². The van der Waals surface area contributed by atoms with Gasteiger partial charge in [0.15, 0.2) is 0 Å². The first-order valence-corrected chi connectivity index (χ1v) is 10.5. The number of Topliss-reactive ketones (excluding diaryl/α,β-unsaturated/α-hetero) is 1. The number of pyridine rings is 1. The third-order valence-corrected chi connectivity index (χ3v) is 5.95. The summed E-state index contributed by atoms with van der Waals surface area (Å²) in [5.74, 6) is -1.62. The SMILES string of the molecule is O=C(Nc1ccncc1)C(=O)c1c(Cl)[nH]c2ccc(Cl)c(Cc3ccc(Cl)cc3Cl)c12. The van der Waals surface area contributed by atoms with E-state index in [1.807, 2.05) is 0 Å². The van der Waals surface area contributed by atoms with Crippen LogP contribution in [0.15, 0.2) is 54.9 Å². The second-order valence-corrected chi connectivity index (χ2v) is 8.32. The summed E-state index contributed by atoms with van der Waals surface area (Å²) in [6.07, 6.45) is 3.33. The molecular formula is C22H13Cl4N3O2. The molecule has 5 nitrogen and oxygen atoms in total. The Morgan fingerprint density at radius 2 is 1.68 bits per heavy atom. The molecule has 2 aromatic carbocycles. The van der Waals surface area contributed by atoms with E-state index in [1.54, 1.807) is 42.5 Å². The zero-order valence-electron chi connectivity index (χ0n) is 15.7. The van der Waals surface area contributed by atoms with Crippen LogP contribution in [-0.4, -0.2) is 21.7 Å². The van der Waals surface area contributed by atoms with E-state index in [2.05, 4.69) is 15.3 Å². The van der Waals surface area contributed by atoms with Crippen LogP contribution in [0.4, 0.5) is 5.69 Å². The van der Waals surface area contributed by atoms with E-state index in [4.69, 9.17) is 46.4 Å². The summed E-state index contributed by atoms with van der Waals surface area (Å²) in [5, 5.41) is 4.46. The van der Waals surface area contributed by atoms with E-state index < -0.39 is 11.7 Å². The van der Waals surface area contributed by atoms with Gasteiger partial charge in [-0.3, -0.25) is 14.6 Å². The smallest absolute Gasteiger partial charge is 0.296 e. The molecule has 2 N–H and O–H groups in total. The molecule has 2 aromatic heterocycles. The first-order chi connectivity index (χ1) is 14.8. The van der Waals surface area contributed by atoms with Crippen LogP contribution >= 0.6 is 46.4 Å². The number of halogens is 4. The lowest BCUT2D eigenvalue weighted by atomic mass is 9.97. The van der Waals surface area contributed by atoms with Gasteiger partial charge in [-0.15, -0.1) is 0 Å². The molecule has 0 saturated carbocycles. The molecule has 0 fully saturated rings. The quantitative estimate of drug-likeness (QED) is 0.244. The molecule has 4 aromatic rings. The van der Waals surface area contributed by atoms with Crippen LogP contribution in [0.5, 0.6) is 0 Å². The maximum atomic E-state index is 13.1. The molecular weight excluding hydrogens is 480 g/mol. The first-order valence-electron chi connectivity index (χ1n) is 9.03. The van der Waals surface area contributed by atoms with Gasteiger partial charge in [-0.1, -0.05) is 52.5 Å². The number of H-pyrrole nitrogens is 1. The molecule has 0 aliphatic rings. The van der Waals surface area contributed by atoms with E-state index in [0.717, 1.165) is 5.56 Å². The molecule has 0 saturated heterocycles. The number of anilines is 1. The minimum absolute atomic E-state index is 0.0470. The number of aromatic amines is 1. The Kier molecular flexibility index (Phi) is 6.21. The van der Waals surface area contributed by atoms with Crippen molar-refractivity contribution in [3.8, 4) is 0 Å². The van der Waals surface area contributed by atoms with Crippen LogP contribution in [-0.2, 0) is 11.2 Å². The van der Waals surface area contributed by atoms with E-state index in [0.29, 0.717) is 43.6 Å². The molecule has 31 heavy (non-hydrogen) atoms. The predicted molar refractivity (Wildman–Crippen MR) is 125 cm³/mol. The Labute approximate surface area is 197 Å². The van der Waals surface area contributed by atoms with Crippen LogP contribution in [0, 0.1) is 0 Å². The van der Waals surface area contributed by atoms with Gasteiger partial charge >= 0.3 is 0 Å². The second-order valence-electron chi connectivity index (χ2n) is 6.69. The zero-order chi connectivity index (χ0) is 22.1. The molecule has 0 radical (unpaired) electrons. The maximum Gasteiger partial charge on any atom is 0.296 e. The van der Waals surface area contributed by atoms with Crippen LogP contribution in [0.2, 0.25) is 20.2 Å². The fourth-order valence-corrected chi connectivity index (χ4v) is 4.26. The van der Waals surface area contributed by atoms with E-state index in [1.165, 1.54) is 12.4 Å². The summed E-state index contributed by atoms with van der Waals surface area (Å²) in [6, 6.07) is 11.7. The topological polar surface area (TPSA) is 74.8 Å². The summed E-state index contributed by atoms with van der Waals surface area (Å²) >= 11 is 25.1. The van der Waals surface area contributed by atoms with Crippen LogP contribution in [0.25, 0.3) is 10.9 Å². The number of nitrogens with zero attached hydrogens (tertiary/aromatic N) is 1. The number of carbonyl (C=O) groups is 2. The molecule has 4 rings (SSSR count). The second kappa shape index (κ2) is 8.89. The van der Waals surface area contributed by atoms with Crippen LogP contribution in [0.3, 0.4) is 0 Å². The van der Waals surface area contributed by atoms with Crippen molar-refractivity contribution in [2.24, 2.45) is 0 Å². The van der Waals surface area contributed by atoms with Gasteiger partial charge in [0.1, 0.15) is 5.15 Å². The van der Waals surface area contributed by atoms with Crippen molar-refractivity contribution in [3.63, 3.8) is 0 Å². The van der Waals surface area contributed by atoms with Crippen molar-refractivity contribution in [2.45, 2.75) is 6.42 Å². The minimum atomic E-state index is -0.829. The van der Waals surface area contributed by atoms with Crippen molar-refractivity contribution < 1.29 is 9.59 Å². The molecule has 0 atom stereocenters. The maximum absolute atomic E-state index is 13.1. The number of fused-ring (bicyclic) bond motifs is 1. The standard InChI is InChI=1S/C22H13Cl4N3O2/c23-12-2-1-11(16(25)10-12)9-14-15(24)3-4-17-18(14)19(21(26)29-17)20(30)22(31)28-13-5-7-27-8-6-13/h1-8,10,29H,9H2,(H,27,28,31). The molecule has 0 unspecified atom stereocenters. The molecule has 156 valence electrons. The zero-order valence-corrected chi connectivity index (χ0v) is 18.7. The number of rotatable bonds is 5. The lowest BCUT2D eigenvalue weighted by molar-refractivity contribution is -0.112. The van der Waals surface area contributed by atoms with Gasteiger partial charge in [-0.25, -0.2) is 0 Å². The van der Waals surface area contributed by atoms with Crippen molar-refractivity contribution in [2.75, 3.05) is 5.32 Å². The Morgan fingerprint density at radius 3 is 2.39 bits per heavy atom. The van der Waals surface area contributed by atoms with Gasteiger partial charge in [0.2, 0.25) is 0 Å². The van der Waals surface area contributed by atoms with Gasteiger partial charge in [0, 0.05) is 50.5 Å². The summed E-state index contributed by atoms with van der Waals surface area (Å²) < 4.78 is 0. The van der Waals surface area contributed by atoms with Gasteiger partial charge in [0.25, 0.3) is 11.7 Å². The number of amides is 1. The van der Waals surface area contributed by atoms with Crippen LogP contribution in [0.1, 0.15) is 21.5 Å². The molecule has 1 amide bonds. The Balaban J connectivity index is 1.79. The fraction of sp³-hybridized carbons (Fsp3) is 0.0455. The Bertz CT molecular complexity index is 1320. The monoisotopic (exact) mass is 491 g/mol. The number of hydrogen-bond acceptors (Lipinski definition) is 3. The molecule has 0 spiro atoms. The highest BCUT2D eigenvalue weighted by Crippen LogP contribution is 2.36. The predicted octanol–water partition coefficient (Wildman–Crippen LogP) is 6.59. The number of hydrogen-bond donors (Lipinski definition) is 2. The van der Waals surface area contributed by atoms with Gasteiger partial charge < -0.3 is 10.3 Å². The lowest BCUT2D eigenvalue weighted by Crippen LogP contribution is -2.23. The molecule has 0 bridgehead atoms. The number of aromatic nitrogens is 2. The molecule has 0 aliphatic heterocycles. The number of benzene rings is 2. The highest BCUT2D eigenvalue weighted by atomic mass is 35.5. The number of carbonyl (C=O) groups excluding carboxylic acids is 2. The van der Waals surface area contributed by atoms with Gasteiger partial charge in [0.05, 0.1) is 5.56 Å². The van der Waals surface area contributed by atoms with Crippen LogP contribution < -0.4 is 5.32 Å². The van der Waals surface area contributed by atoms with Crippen molar-refractivity contribution >= 4 is 74.7 Å². The molecule has 9 heteroatoms. The third kappa shape index (κ3) is 4.41. The summed E-state index contributed by atoms with van der Waals surface area (Å²) in [5.41, 5.74) is 2.44.